The summed E-state index contributed by atoms with van der Waals surface area (Å²) < 4.78 is 21.5. The number of benzene rings is 1. The summed E-state index contributed by atoms with van der Waals surface area (Å²) in [6, 6.07) is 4.16. The Morgan fingerprint density at radius 2 is 2.33 bits per heavy atom. The highest BCUT2D eigenvalue weighted by molar-refractivity contribution is 9.10. The third-order valence-corrected chi connectivity index (χ3v) is 3.84. The van der Waals surface area contributed by atoms with Gasteiger partial charge in [-0.1, -0.05) is 33.6 Å². The number of nitrogens with one attached hydrogen (secondary N) is 1. The summed E-state index contributed by atoms with van der Waals surface area (Å²) in [5.41, 5.74) is 3.58. The number of methoxy groups -OCH3 is 1. The molecule has 0 saturated heterocycles. The van der Waals surface area contributed by atoms with Gasteiger partial charge in [0.15, 0.2) is 0 Å². The zero-order valence-electron chi connectivity index (χ0n) is 11.3. The summed E-state index contributed by atoms with van der Waals surface area (Å²) in [5, 5.41) is 4.59. The number of hydrazine groups is 1. The Bertz CT molecular complexity index is 622. The van der Waals surface area contributed by atoms with Crippen molar-refractivity contribution in [2.45, 2.75) is 12.6 Å². The van der Waals surface area contributed by atoms with E-state index in [4.69, 9.17) is 22.2 Å². The summed E-state index contributed by atoms with van der Waals surface area (Å²) in [7, 11) is 1.60. The normalized spacial score (nSPS) is 12.6. The Kier molecular flexibility index (Phi) is 5.72. The van der Waals surface area contributed by atoms with Crippen molar-refractivity contribution in [3.63, 3.8) is 0 Å². The lowest BCUT2D eigenvalue weighted by Crippen LogP contribution is -2.32. The van der Waals surface area contributed by atoms with Crippen LogP contribution in [0.1, 0.15) is 17.3 Å². The van der Waals surface area contributed by atoms with Gasteiger partial charge < -0.3 is 4.74 Å². The second-order valence-electron chi connectivity index (χ2n) is 4.36. The van der Waals surface area contributed by atoms with Crippen LogP contribution in [0, 0.1) is 5.82 Å². The van der Waals surface area contributed by atoms with Gasteiger partial charge >= 0.3 is 0 Å². The summed E-state index contributed by atoms with van der Waals surface area (Å²) in [6.45, 7) is 0.958. The molecule has 21 heavy (non-hydrogen) atoms. The molecule has 1 aromatic carbocycles. The van der Waals surface area contributed by atoms with E-state index >= 15 is 0 Å². The molecule has 5 nitrogen and oxygen atoms in total. The fraction of sp³-hybridized carbons (Fsp3) is 0.308. The molecule has 8 heteroatoms. The molecule has 0 aliphatic heterocycles. The van der Waals surface area contributed by atoms with Gasteiger partial charge in [-0.15, -0.1) is 0 Å². The standard InChI is InChI=1S/C13H15BrClFN4O/c1-21-5-4-20-13(10(15)7-18-20)12(19-17)9-3-2-8(14)6-11(9)16/h2-3,6-7,12,19H,4-5,17H2,1H3. The Balaban J connectivity index is 2.43. The van der Waals surface area contributed by atoms with E-state index in [1.54, 1.807) is 23.9 Å². The number of aromatic nitrogens is 2. The first kappa shape index (κ1) is 16.4. The first-order chi connectivity index (χ1) is 10.1. The minimum absolute atomic E-state index is 0.386. The maximum atomic E-state index is 14.2. The van der Waals surface area contributed by atoms with Gasteiger partial charge in [-0.25, -0.2) is 9.82 Å². The molecule has 0 saturated carbocycles. The van der Waals surface area contributed by atoms with E-state index in [1.807, 2.05) is 0 Å². The molecule has 114 valence electrons. The Labute approximate surface area is 135 Å². The van der Waals surface area contributed by atoms with Crippen molar-refractivity contribution in [2.75, 3.05) is 13.7 Å². The van der Waals surface area contributed by atoms with Crippen molar-refractivity contribution in [3.05, 3.63) is 51.0 Å². The predicted molar refractivity (Wildman–Crippen MR) is 82.4 cm³/mol. The summed E-state index contributed by atoms with van der Waals surface area (Å²) >= 11 is 9.41. The van der Waals surface area contributed by atoms with Crippen molar-refractivity contribution >= 4 is 27.5 Å². The minimum Gasteiger partial charge on any atom is -0.383 e. The van der Waals surface area contributed by atoms with Gasteiger partial charge in [-0.2, -0.15) is 5.10 Å². The monoisotopic (exact) mass is 376 g/mol. The molecule has 1 heterocycles. The second kappa shape index (κ2) is 7.33. The van der Waals surface area contributed by atoms with Crippen molar-refractivity contribution < 1.29 is 9.13 Å². The van der Waals surface area contributed by atoms with Crippen LogP contribution in [0.3, 0.4) is 0 Å². The minimum atomic E-state index is -0.607. The van der Waals surface area contributed by atoms with Crippen LogP contribution in [0.15, 0.2) is 28.9 Å². The second-order valence-corrected chi connectivity index (χ2v) is 5.68. The van der Waals surface area contributed by atoms with E-state index < -0.39 is 6.04 Å². The highest BCUT2D eigenvalue weighted by Crippen LogP contribution is 2.30. The molecule has 2 rings (SSSR count). The van der Waals surface area contributed by atoms with E-state index in [0.717, 1.165) is 0 Å². The number of nitrogens with two attached hydrogens (primary N) is 1. The largest absolute Gasteiger partial charge is 0.383 e. The molecule has 0 amide bonds. The van der Waals surface area contributed by atoms with Crippen LogP contribution in [0.4, 0.5) is 4.39 Å². The molecule has 0 aliphatic carbocycles. The maximum absolute atomic E-state index is 14.2. The van der Waals surface area contributed by atoms with Gasteiger partial charge in [0.2, 0.25) is 0 Å². The van der Waals surface area contributed by atoms with E-state index in [2.05, 4.69) is 26.5 Å². The molecular weight excluding hydrogens is 363 g/mol. The van der Waals surface area contributed by atoms with Crippen LogP contribution in [0.5, 0.6) is 0 Å². The van der Waals surface area contributed by atoms with Gasteiger partial charge in [-0.05, 0) is 12.1 Å². The van der Waals surface area contributed by atoms with Gasteiger partial charge in [0.1, 0.15) is 5.82 Å². The van der Waals surface area contributed by atoms with Crippen LogP contribution in [0.2, 0.25) is 5.02 Å². The molecule has 0 aliphatic rings. The highest BCUT2D eigenvalue weighted by Gasteiger charge is 2.23. The molecule has 0 bridgehead atoms. The molecular formula is C13H15BrClFN4O. The van der Waals surface area contributed by atoms with Crippen molar-refractivity contribution in [1.82, 2.24) is 15.2 Å². The molecule has 1 aromatic heterocycles. The van der Waals surface area contributed by atoms with Crippen molar-refractivity contribution in [2.24, 2.45) is 5.84 Å². The third kappa shape index (κ3) is 3.61. The predicted octanol–water partition coefficient (Wildman–Crippen LogP) is 2.64. The lowest BCUT2D eigenvalue weighted by molar-refractivity contribution is 0.182. The average molecular weight is 378 g/mol. The van der Waals surface area contributed by atoms with E-state index in [9.17, 15) is 4.39 Å². The van der Waals surface area contributed by atoms with Crippen LogP contribution in [0.25, 0.3) is 0 Å². The van der Waals surface area contributed by atoms with E-state index in [0.29, 0.717) is 33.9 Å². The SMILES string of the molecule is COCCn1ncc(Cl)c1C(NN)c1ccc(Br)cc1F. The van der Waals surface area contributed by atoms with E-state index in [1.165, 1.54) is 12.3 Å². The van der Waals surface area contributed by atoms with Gasteiger partial charge in [-0.3, -0.25) is 10.5 Å². The summed E-state index contributed by atoms with van der Waals surface area (Å²) in [6.07, 6.45) is 1.51. The summed E-state index contributed by atoms with van der Waals surface area (Å²) in [4.78, 5) is 0. The summed E-state index contributed by atoms with van der Waals surface area (Å²) in [5.74, 6) is 5.22. The topological polar surface area (TPSA) is 65.1 Å². The van der Waals surface area contributed by atoms with Crippen LogP contribution < -0.4 is 11.3 Å². The highest BCUT2D eigenvalue weighted by atomic mass is 79.9. The van der Waals surface area contributed by atoms with Crippen LogP contribution in [-0.2, 0) is 11.3 Å². The maximum Gasteiger partial charge on any atom is 0.129 e. The molecule has 1 atom stereocenters. The number of ether oxygens (including phenoxy) is 1. The average Bonchev–Trinajstić information content (AvgIpc) is 2.81. The molecule has 1 unspecified atom stereocenters. The van der Waals surface area contributed by atoms with Gasteiger partial charge in [0.05, 0.1) is 36.1 Å². The first-order valence-electron chi connectivity index (χ1n) is 6.19. The first-order valence-corrected chi connectivity index (χ1v) is 7.36. The Hall–Kier alpha value is -0.990. The van der Waals surface area contributed by atoms with Gasteiger partial charge in [0.25, 0.3) is 0 Å². The molecule has 3 N–H and O–H groups in total. The van der Waals surface area contributed by atoms with Crippen LogP contribution in [-0.4, -0.2) is 23.5 Å². The van der Waals surface area contributed by atoms with Gasteiger partial charge in [0, 0.05) is 17.1 Å². The zero-order valence-corrected chi connectivity index (χ0v) is 13.7. The fourth-order valence-electron chi connectivity index (χ4n) is 2.07. The fourth-order valence-corrected chi connectivity index (χ4v) is 2.65. The van der Waals surface area contributed by atoms with Crippen molar-refractivity contribution in [3.8, 4) is 0 Å². The third-order valence-electron chi connectivity index (χ3n) is 3.05. The quantitative estimate of drug-likeness (QED) is 0.600. The molecule has 0 fully saturated rings. The lowest BCUT2D eigenvalue weighted by Gasteiger charge is -2.19. The number of hydrogen-bond donors (Lipinski definition) is 2. The number of halogens is 3. The Morgan fingerprint density at radius 1 is 1.57 bits per heavy atom. The Morgan fingerprint density at radius 3 is 2.95 bits per heavy atom. The number of nitrogens with zero attached hydrogens (tertiary/aromatic N) is 2. The molecule has 0 radical (unpaired) electrons. The number of rotatable bonds is 6. The van der Waals surface area contributed by atoms with Crippen LogP contribution >= 0.6 is 27.5 Å². The zero-order chi connectivity index (χ0) is 15.4. The number of hydrogen-bond acceptors (Lipinski definition) is 4. The van der Waals surface area contributed by atoms with E-state index in [-0.39, 0.29) is 5.82 Å². The molecule has 0 spiro atoms. The smallest absolute Gasteiger partial charge is 0.129 e. The lowest BCUT2D eigenvalue weighted by atomic mass is 10.0. The van der Waals surface area contributed by atoms with Crippen molar-refractivity contribution in [1.29, 1.82) is 0 Å². The molecule has 2 aromatic rings.